The quantitative estimate of drug-likeness (QED) is 0.724. The molecule has 1 aliphatic heterocycles. The number of likely N-dealkylation sites (tertiary alicyclic amines) is 1. The molecule has 1 fully saturated rings. The van der Waals surface area contributed by atoms with Crippen LogP contribution in [0.3, 0.4) is 0 Å². The molecule has 18 heavy (non-hydrogen) atoms. The van der Waals surface area contributed by atoms with Gasteiger partial charge in [0.2, 0.25) is 0 Å². The van der Waals surface area contributed by atoms with E-state index >= 15 is 0 Å². The summed E-state index contributed by atoms with van der Waals surface area (Å²) < 4.78 is 5.45. The maximum atomic E-state index is 11.2. The van der Waals surface area contributed by atoms with E-state index in [0.29, 0.717) is 0 Å². The topological polar surface area (TPSA) is 29.5 Å². The monoisotopic (exact) mass is 255 g/mol. The van der Waals surface area contributed by atoms with Crippen LogP contribution in [-0.4, -0.2) is 34.1 Å². The highest BCUT2D eigenvalue weighted by molar-refractivity contribution is 5.66. The van der Waals surface area contributed by atoms with Crippen molar-refractivity contribution in [2.45, 2.75) is 84.4 Å². The molecule has 0 aliphatic carbocycles. The van der Waals surface area contributed by atoms with E-state index in [1.54, 1.807) is 0 Å². The smallest absolute Gasteiger partial charge is 0.303 e. The molecule has 0 radical (unpaired) electrons. The van der Waals surface area contributed by atoms with Crippen molar-refractivity contribution in [2.24, 2.45) is 0 Å². The molecule has 3 nitrogen and oxygen atoms in total. The Hall–Kier alpha value is -0.570. The lowest BCUT2D eigenvalue weighted by Gasteiger charge is -2.54. The van der Waals surface area contributed by atoms with Crippen LogP contribution in [0.1, 0.15) is 67.7 Å². The maximum absolute atomic E-state index is 11.2. The van der Waals surface area contributed by atoms with Crippen molar-refractivity contribution in [3.05, 3.63) is 0 Å². The van der Waals surface area contributed by atoms with Gasteiger partial charge in [-0.1, -0.05) is 0 Å². The minimum Gasteiger partial charge on any atom is -0.458 e. The number of piperidine rings is 1. The Morgan fingerprint density at radius 1 is 1.17 bits per heavy atom. The molecule has 1 rings (SSSR count). The van der Waals surface area contributed by atoms with Gasteiger partial charge in [-0.15, -0.1) is 0 Å². The van der Waals surface area contributed by atoms with Crippen LogP contribution in [-0.2, 0) is 9.53 Å². The molecule has 0 spiro atoms. The van der Waals surface area contributed by atoms with Crippen molar-refractivity contribution >= 4 is 5.97 Å². The second-order valence-electron chi connectivity index (χ2n) is 7.42. The van der Waals surface area contributed by atoms with Gasteiger partial charge >= 0.3 is 5.97 Å². The predicted molar refractivity (Wildman–Crippen MR) is 74.6 cm³/mol. The van der Waals surface area contributed by atoms with Crippen LogP contribution in [0.5, 0.6) is 0 Å². The molecule has 0 aromatic carbocycles. The molecule has 0 saturated carbocycles. The summed E-state index contributed by atoms with van der Waals surface area (Å²) >= 11 is 0. The molecule has 0 atom stereocenters. The molecule has 0 amide bonds. The second-order valence-corrected chi connectivity index (χ2v) is 7.42. The van der Waals surface area contributed by atoms with Crippen LogP contribution in [0.25, 0.3) is 0 Å². The molecule has 1 heterocycles. The normalized spacial score (nSPS) is 23.7. The molecule has 0 bridgehead atoms. The van der Waals surface area contributed by atoms with Crippen LogP contribution in [0, 0.1) is 0 Å². The van der Waals surface area contributed by atoms with E-state index in [2.05, 4.69) is 32.6 Å². The van der Waals surface area contributed by atoms with Gasteiger partial charge in [-0.3, -0.25) is 9.69 Å². The molecular weight excluding hydrogens is 226 g/mol. The van der Waals surface area contributed by atoms with E-state index in [0.717, 1.165) is 6.54 Å². The first-order valence-corrected chi connectivity index (χ1v) is 6.94. The van der Waals surface area contributed by atoms with Gasteiger partial charge in [-0.25, -0.2) is 0 Å². The lowest BCUT2D eigenvalue weighted by atomic mass is 9.79. The Morgan fingerprint density at radius 2 is 1.61 bits per heavy atom. The van der Waals surface area contributed by atoms with Gasteiger partial charge in [0.1, 0.15) is 5.60 Å². The van der Waals surface area contributed by atoms with Crippen molar-refractivity contribution in [3.63, 3.8) is 0 Å². The zero-order valence-electron chi connectivity index (χ0n) is 13.1. The number of carbonyl (C=O) groups excluding carboxylic acids is 1. The van der Waals surface area contributed by atoms with Crippen LogP contribution in [0.4, 0.5) is 0 Å². The molecule has 1 saturated heterocycles. The van der Waals surface area contributed by atoms with Crippen molar-refractivity contribution in [3.8, 4) is 0 Å². The van der Waals surface area contributed by atoms with E-state index in [9.17, 15) is 4.79 Å². The SMILES string of the molecule is CC(=O)OC(C)(C)CN1C(C)(C)CCCC1(C)C. The number of esters is 1. The lowest BCUT2D eigenvalue weighted by molar-refractivity contribution is -0.161. The summed E-state index contributed by atoms with van der Waals surface area (Å²) in [5, 5.41) is 0. The third kappa shape index (κ3) is 3.71. The Balaban J connectivity index is 2.87. The first kappa shape index (κ1) is 15.5. The van der Waals surface area contributed by atoms with Crippen LogP contribution in [0.2, 0.25) is 0 Å². The minimum absolute atomic E-state index is 0.166. The van der Waals surface area contributed by atoms with Gasteiger partial charge in [0, 0.05) is 24.5 Å². The number of hydrogen-bond donors (Lipinski definition) is 0. The molecule has 0 aromatic heterocycles. The van der Waals surface area contributed by atoms with Crippen molar-refractivity contribution in [2.75, 3.05) is 6.54 Å². The third-order valence-corrected chi connectivity index (χ3v) is 4.00. The largest absolute Gasteiger partial charge is 0.458 e. The van der Waals surface area contributed by atoms with E-state index in [4.69, 9.17) is 4.74 Å². The van der Waals surface area contributed by atoms with E-state index < -0.39 is 5.60 Å². The molecular formula is C15H29NO2. The Labute approximate surface area is 112 Å². The summed E-state index contributed by atoms with van der Waals surface area (Å²) in [6, 6.07) is 0. The zero-order chi connectivity index (χ0) is 14.2. The van der Waals surface area contributed by atoms with E-state index in [1.807, 2.05) is 13.8 Å². The lowest BCUT2D eigenvalue weighted by Crippen LogP contribution is -2.62. The van der Waals surface area contributed by atoms with Gasteiger partial charge in [0.05, 0.1) is 0 Å². The summed E-state index contributed by atoms with van der Waals surface area (Å²) in [6.07, 6.45) is 3.67. The fourth-order valence-corrected chi connectivity index (χ4v) is 3.27. The van der Waals surface area contributed by atoms with Crippen molar-refractivity contribution in [1.29, 1.82) is 0 Å². The summed E-state index contributed by atoms with van der Waals surface area (Å²) in [5.74, 6) is -0.201. The predicted octanol–water partition coefficient (Wildman–Crippen LogP) is 3.37. The Morgan fingerprint density at radius 3 is 2.00 bits per heavy atom. The van der Waals surface area contributed by atoms with E-state index in [-0.39, 0.29) is 17.0 Å². The van der Waals surface area contributed by atoms with Gasteiger partial charge in [0.25, 0.3) is 0 Å². The molecule has 1 aliphatic rings. The first-order valence-electron chi connectivity index (χ1n) is 6.94. The standard InChI is InChI=1S/C15H29NO2/c1-12(17)18-15(6,7)11-16-13(2,3)9-8-10-14(16,4)5/h8-11H2,1-7H3. The number of nitrogens with zero attached hydrogens (tertiary/aromatic N) is 1. The third-order valence-electron chi connectivity index (χ3n) is 4.00. The van der Waals surface area contributed by atoms with Gasteiger partial charge in [-0.2, -0.15) is 0 Å². The number of ether oxygens (including phenoxy) is 1. The number of hydrogen-bond acceptors (Lipinski definition) is 3. The molecule has 0 aromatic rings. The average Bonchev–Trinajstić information content (AvgIpc) is 2.09. The second kappa shape index (κ2) is 4.84. The minimum atomic E-state index is -0.433. The Bertz CT molecular complexity index is 302. The molecule has 3 heteroatoms. The maximum Gasteiger partial charge on any atom is 0.303 e. The molecule has 0 unspecified atom stereocenters. The summed E-state index contributed by atoms with van der Waals surface area (Å²) in [4.78, 5) is 13.7. The fourth-order valence-electron chi connectivity index (χ4n) is 3.27. The average molecular weight is 255 g/mol. The Kier molecular flexibility index (Phi) is 4.16. The highest BCUT2D eigenvalue weighted by atomic mass is 16.6. The van der Waals surface area contributed by atoms with Crippen LogP contribution >= 0.6 is 0 Å². The van der Waals surface area contributed by atoms with Gasteiger partial charge in [0.15, 0.2) is 0 Å². The first-order chi connectivity index (χ1) is 7.96. The highest BCUT2D eigenvalue weighted by Gasteiger charge is 2.43. The van der Waals surface area contributed by atoms with E-state index in [1.165, 1.54) is 26.2 Å². The van der Waals surface area contributed by atoms with Crippen LogP contribution < -0.4 is 0 Å². The van der Waals surface area contributed by atoms with Gasteiger partial charge in [-0.05, 0) is 60.8 Å². The van der Waals surface area contributed by atoms with Crippen molar-refractivity contribution < 1.29 is 9.53 Å². The van der Waals surface area contributed by atoms with Crippen molar-refractivity contribution in [1.82, 2.24) is 4.90 Å². The number of rotatable bonds is 3. The van der Waals surface area contributed by atoms with Crippen LogP contribution in [0.15, 0.2) is 0 Å². The summed E-state index contributed by atoms with van der Waals surface area (Å²) in [7, 11) is 0. The summed E-state index contributed by atoms with van der Waals surface area (Å²) in [5.41, 5.74) is -0.101. The molecule has 106 valence electrons. The summed E-state index contributed by atoms with van der Waals surface area (Å²) in [6.45, 7) is 15.4. The fraction of sp³-hybridized carbons (Fsp3) is 0.933. The number of carbonyl (C=O) groups is 1. The molecule has 0 N–H and O–H groups in total. The van der Waals surface area contributed by atoms with Gasteiger partial charge < -0.3 is 4.74 Å². The zero-order valence-corrected chi connectivity index (χ0v) is 13.1. The highest BCUT2D eigenvalue weighted by Crippen LogP contribution is 2.39.